The predicted molar refractivity (Wildman–Crippen MR) is 79.6 cm³/mol. The van der Waals surface area contributed by atoms with Crippen LogP contribution in [0, 0.1) is 16.0 Å². The Morgan fingerprint density at radius 2 is 2.35 bits per heavy atom. The summed E-state index contributed by atoms with van der Waals surface area (Å²) in [5.74, 6) is 0.697. The molecule has 1 atom stereocenters. The summed E-state index contributed by atoms with van der Waals surface area (Å²) in [6, 6.07) is 6.96. The third-order valence-electron chi connectivity index (χ3n) is 3.89. The second-order valence-corrected chi connectivity index (χ2v) is 5.47. The van der Waals surface area contributed by atoms with Gasteiger partial charge < -0.3 is 5.32 Å². The van der Waals surface area contributed by atoms with Gasteiger partial charge in [-0.1, -0.05) is 19.1 Å². The first-order chi connectivity index (χ1) is 9.69. The Morgan fingerprint density at radius 3 is 3.00 bits per heavy atom. The van der Waals surface area contributed by atoms with Gasteiger partial charge in [-0.2, -0.15) is 0 Å². The Labute approximate surface area is 120 Å². The molecule has 1 unspecified atom stereocenters. The topological polar surface area (TPSA) is 58.4 Å². The third kappa shape index (κ3) is 4.28. The van der Waals surface area contributed by atoms with E-state index < -0.39 is 0 Å². The Hall–Kier alpha value is -1.46. The summed E-state index contributed by atoms with van der Waals surface area (Å²) >= 11 is 0. The van der Waals surface area contributed by atoms with E-state index in [-0.39, 0.29) is 10.6 Å². The maximum Gasteiger partial charge on any atom is 0.269 e. The molecule has 110 valence electrons. The van der Waals surface area contributed by atoms with Gasteiger partial charge in [0.25, 0.3) is 5.69 Å². The summed E-state index contributed by atoms with van der Waals surface area (Å²) in [4.78, 5) is 12.9. The molecule has 1 fully saturated rings. The molecule has 5 heteroatoms. The zero-order valence-corrected chi connectivity index (χ0v) is 12.0. The maximum absolute atomic E-state index is 10.8. The minimum absolute atomic E-state index is 0.179. The first kappa shape index (κ1) is 14.9. The summed E-state index contributed by atoms with van der Waals surface area (Å²) in [6.45, 7) is 7.19. The largest absolute Gasteiger partial charge is 0.316 e. The van der Waals surface area contributed by atoms with Crippen LogP contribution in [0.1, 0.15) is 25.3 Å². The van der Waals surface area contributed by atoms with E-state index in [9.17, 15) is 10.1 Å². The van der Waals surface area contributed by atoms with Crippen molar-refractivity contribution < 1.29 is 4.92 Å². The van der Waals surface area contributed by atoms with Crippen LogP contribution in [0.15, 0.2) is 24.3 Å². The lowest BCUT2D eigenvalue weighted by molar-refractivity contribution is -0.384. The molecule has 1 aromatic carbocycles. The first-order valence-corrected chi connectivity index (χ1v) is 7.35. The molecule has 0 bridgehead atoms. The lowest BCUT2D eigenvalue weighted by Gasteiger charge is -2.29. The lowest BCUT2D eigenvalue weighted by atomic mass is 9.99. The van der Waals surface area contributed by atoms with Gasteiger partial charge in [0.15, 0.2) is 0 Å². The minimum atomic E-state index is -0.329. The van der Waals surface area contributed by atoms with Crippen LogP contribution in [0.4, 0.5) is 5.69 Å². The van der Waals surface area contributed by atoms with Gasteiger partial charge in [0.2, 0.25) is 0 Å². The number of piperidine rings is 1. The van der Waals surface area contributed by atoms with Crippen molar-refractivity contribution in [1.29, 1.82) is 0 Å². The van der Waals surface area contributed by atoms with E-state index in [0.29, 0.717) is 5.92 Å². The fourth-order valence-corrected chi connectivity index (χ4v) is 2.78. The van der Waals surface area contributed by atoms with E-state index in [2.05, 4.69) is 17.1 Å². The van der Waals surface area contributed by atoms with Crippen molar-refractivity contribution in [2.24, 2.45) is 5.92 Å². The minimum Gasteiger partial charge on any atom is -0.316 e. The third-order valence-corrected chi connectivity index (χ3v) is 3.89. The number of nitrogens with zero attached hydrogens (tertiary/aromatic N) is 2. The number of nitro benzene ring substituents is 1. The van der Waals surface area contributed by atoms with E-state index in [1.54, 1.807) is 18.2 Å². The highest BCUT2D eigenvalue weighted by Gasteiger charge is 2.16. The molecule has 1 aliphatic heterocycles. The van der Waals surface area contributed by atoms with E-state index in [0.717, 1.165) is 38.3 Å². The van der Waals surface area contributed by atoms with E-state index in [1.165, 1.54) is 12.8 Å². The van der Waals surface area contributed by atoms with Crippen LogP contribution in [0.5, 0.6) is 0 Å². The van der Waals surface area contributed by atoms with Crippen molar-refractivity contribution in [2.45, 2.75) is 26.3 Å². The Kier molecular flexibility index (Phi) is 5.49. The Balaban J connectivity index is 1.94. The molecule has 20 heavy (non-hydrogen) atoms. The summed E-state index contributed by atoms with van der Waals surface area (Å²) in [6.07, 6.45) is 2.53. The molecule has 0 saturated carbocycles. The predicted octanol–water partition coefficient (Wildman–Crippen LogP) is 2.42. The molecule has 5 nitrogen and oxygen atoms in total. The van der Waals surface area contributed by atoms with E-state index in [4.69, 9.17) is 0 Å². The summed E-state index contributed by atoms with van der Waals surface area (Å²) in [5, 5.41) is 14.2. The van der Waals surface area contributed by atoms with Crippen molar-refractivity contribution in [3.05, 3.63) is 39.9 Å². The molecule has 0 aliphatic carbocycles. The van der Waals surface area contributed by atoms with Gasteiger partial charge in [-0.15, -0.1) is 0 Å². The van der Waals surface area contributed by atoms with Crippen molar-refractivity contribution in [3.63, 3.8) is 0 Å². The summed E-state index contributed by atoms with van der Waals surface area (Å²) in [5.41, 5.74) is 1.20. The van der Waals surface area contributed by atoms with Crippen molar-refractivity contribution in [3.8, 4) is 0 Å². The van der Waals surface area contributed by atoms with Gasteiger partial charge in [0.1, 0.15) is 0 Å². The van der Waals surface area contributed by atoms with Crippen molar-refractivity contribution in [1.82, 2.24) is 10.2 Å². The molecule has 1 aliphatic rings. The highest BCUT2D eigenvalue weighted by atomic mass is 16.6. The van der Waals surface area contributed by atoms with Crippen LogP contribution in [0.25, 0.3) is 0 Å². The number of rotatable bonds is 6. The molecule has 1 aromatic rings. The van der Waals surface area contributed by atoms with Gasteiger partial charge in [-0.25, -0.2) is 0 Å². The molecular weight excluding hydrogens is 254 g/mol. The van der Waals surface area contributed by atoms with Gasteiger partial charge in [-0.05, 0) is 44.0 Å². The second-order valence-electron chi connectivity index (χ2n) is 5.47. The SMILES string of the molecule is CCN(Cc1cccc([N+](=O)[O-])c1)CC1CCCNC1. The van der Waals surface area contributed by atoms with Crippen LogP contribution in [0.2, 0.25) is 0 Å². The van der Waals surface area contributed by atoms with Crippen molar-refractivity contribution >= 4 is 5.69 Å². The number of non-ortho nitro benzene ring substituents is 1. The number of nitro groups is 1. The first-order valence-electron chi connectivity index (χ1n) is 7.35. The molecular formula is C15H23N3O2. The van der Waals surface area contributed by atoms with Gasteiger partial charge >= 0.3 is 0 Å². The maximum atomic E-state index is 10.8. The molecule has 1 heterocycles. The van der Waals surface area contributed by atoms with Crippen LogP contribution in [-0.2, 0) is 6.54 Å². The number of nitrogens with one attached hydrogen (secondary N) is 1. The molecule has 0 radical (unpaired) electrons. The highest BCUT2D eigenvalue weighted by Crippen LogP contribution is 2.17. The number of hydrogen-bond acceptors (Lipinski definition) is 4. The van der Waals surface area contributed by atoms with Gasteiger partial charge in [-0.3, -0.25) is 15.0 Å². The fourth-order valence-electron chi connectivity index (χ4n) is 2.78. The highest BCUT2D eigenvalue weighted by molar-refractivity contribution is 5.34. The number of benzene rings is 1. The zero-order chi connectivity index (χ0) is 14.4. The van der Waals surface area contributed by atoms with Gasteiger partial charge in [0.05, 0.1) is 4.92 Å². The smallest absolute Gasteiger partial charge is 0.269 e. The molecule has 1 saturated heterocycles. The molecule has 0 spiro atoms. The molecule has 2 rings (SSSR count). The van der Waals surface area contributed by atoms with Crippen LogP contribution in [-0.4, -0.2) is 36.0 Å². The Bertz CT molecular complexity index is 444. The van der Waals surface area contributed by atoms with Crippen LogP contribution >= 0.6 is 0 Å². The summed E-state index contributed by atoms with van der Waals surface area (Å²) in [7, 11) is 0. The fraction of sp³-hybridized carbons (Fsp3) is 0.600. The van der Waals surface area contributed by atoms with Gasteiger partial charge in [0, 0.05) is 25.2 Å². The lowest BCUT2D eigenvalue weighted by Crippen LogP contribution is -2.38. The van der Waals surface area contributed by atoms with Crippen LogP contribution < -0.4 is 5.32 Å². The monoisotopic (exact) mass is 277 g/mol. The molecule has 1 N–H and O–H groups in total. The zero-order valence-electron chi connectivity index (χ0n) is 12.0. The van der Waals surface area contributed by atoms with E-state index >= 15 is 0 Å². The van der Waals surface area contributed by atoms with Crippen LogP contribution in [0.3, 0.4) is 0 Å². The van der Waals surface area contributed by atoms with E-state index in [1.807, 2.05) is 6.07 Å². The standard InChI is InChI=1S/C15H23N3O2/c1-2-17(12-14-6-4-8-16-10-14)11-13-5-3-7-15(9-13)18(19)20/h3,5,7,9,14,16H,2,4,6,8,10-12H2,1H3. The normalized spacial score (nSPS) is 19.2. The average molecular weight is 277 g/mol. The second kappa shape index (κ2) is 7.36. The summed E-state index contributed by atoms with van der Waals surface area (Å²) < 4.78 is 0. The number of hydrogen-bond donors (Lipinski definition) is 1. The van der Waals surface area contributed by atoms with Crippen molar-refractivity contribution in [2.75, 3.05) is 26.2 Å². The average Bonchev–Trinajstić information content (AvgIpc) is 2.48. The molecule has 0 amide bonds. The quantitative estimate of drug-likeness (QED) is 0.641. The molecule has 0 aromatic heterocycles. The Morgan fingerprint density at radius 1 is 1.50 bits per heavy atom.